The minimum absolute atomic E-state index is 0.245. The van der Waals surface area contributed by atoms with Gasteiger partial charge < -0.3 is 34.4 Å². The second kappa shape index (κ2) is 8.79. The van der Waals surface area contributed by atoms with Gasteiger partial charge in [0.2, 0.25) is 5.82 Å². The highest BCUT2D eigenvalue weighted by Crippen LogP contribution is 2.37. The minimum Gasteiger partial charge on any atom is -0.496 e. The van der Waals surface area contributed by atoms with Crippen LogP contribution in [0.4, 0.5) is 0 Å². The first-order valence-corrected chi connectivity index (χ1v) is 10.2. The Morgan fingerprint density at radius 3 is 2.56 bits per heavy atom. The van der Waals surface area contributed by atoms with Crippen LogP contribution in [0.5, 0.6) is 11.5 Å². The first-order chi connectivity index (χ1) is 15.4. The van der Waals surface area contributed by atoms with E-state index < -0.39 is 18.8 Å². The summed E-state index contributed by atoms with van der Waals surface area (Å²) in [5, 5.41) is 24.3. The molecule has 2 aromatic carbocycles. The second-order valence-electron chi connectivity index (χ2n) is 7.17. The number of aliphatic hydroxyl groups excluding tert-OH is 2. The Hall–Kier alpha value is -3.11. The first-order valence-electron chi connectivity index (χ1n) is 9.82. The summed E-state index contributed by atoms with van der Waals surface area (Å²) in [5.74, 6) is 1.85. The molecule has 0 radical (unpaired) electrons. The van der Waals surface area contributed by atoms with E-state index in [-0.39, 0.29) is 11.7 Å². The number of furan rings is 1. The standard InChI is InChI=1S/C22H22ClN3O6/c1-3-30-16-5-4-12(7-15(16)23)21-25-20(26-32-21)14-6-13-8-19(22(24,10-27)11-28)31-17(13)9-18(14)29-2/h4-9,27-28H,3,10-11,24H2,1-2H3. The molecule has 0 aliphatic carbocycles. The fourth-order valence-electron chi connectivity index (χ4n) is 3.22. The van der Waals surface area contributed by atoms with Gasteiger partial charge in [-0.1, -0.05) is 16.8 Å². The minimum atomic E-state index is -1.40. The summed E-state index contributed by atoms with van der Waals surface area (Å²) in [7, 11) is 1.51. The molecule has 9 nitrogen and oxygen atoms in total. The zero-order valence-electron chi connectivity index (χ0n) is 17.5. The number of benzene rings is 2. The van der Waals surface area contributed by atoms with E-state index in [1.54, 1.807) is 36.4 Å². The van der Waals surface area contributed by atoms with Gasteiger partial charge in [0.1, 0.15) is 28.4 Å². The highest BCUT2D eigenvalue weighted by Gasteiger charge is 2.30. The molecule has 32 heavy (non-hydrogen) atoms. The second-order valence-corrected chi connectivity index (χ2v) is 7.58. The summed E-state index contributed by atoms with van der Waals surface area (Å²) in [6.07, 6.45) is 0. The third-order valence-electron chi connectivity index (χ3n) is 5.04. The maximum atomic E-state index is 9.56. The van der Waals surface area contributed by atoms with Gasteiger partial charge in [0.15, 0.2) is 0 Å². The zero-order chi connectivity index (χ0) is 22.9. The summed E-state index contributed by atoms with van der Waals surface area (Å²) in [6.45, 7) is 1.42. The Morgan fingerprint density at radius 1 is 1.12 bits per heavy atom. The molecule has 0 spiro atoms. The molecular formula is C22H22ClN3O6. The van der Waals surface area contributed by atoms with Crippen molar-refractivity contribution < 1.29 is 28.6 Å². The molecule has 4 N–H and O–H groups in total. The Bertz CT molecular complexity index is 1250. The maximum Gasteiger partial charge on any atom is 0.258 e. The van der Waals surface area contributed by atoms with Crippen LogP contribution in [0.3, 0.4) is 0 Å². The lowest BCUT2D eigenvalue weighted by molar-refractivity contribution is 0.105. The Balaban J connectivity index is 1.74. The van der Waals surface area contributed by atoms with Crippen LogP contribution in [0.1, 0.15) is 12.7 Å². The molecule has 2 heterocycles. The van der Waals surface area contributed by atoms with Gasteiger partial charge in [-0.05, 0) is 37.3 Å². The van der Waals surface area contributed by atoms with Crippen molar-refractivity contribution in [2.75, 3.05) is 26.9 Å². The van der Waals surface area contributed by atoms with Crippen LogP contribution in [-0.4, -0.2) is 47.3 Å². The van der Waals surface area contributed by atoms with E-state index in [4.69, 9.17) is 35.7 Å². The van der Waals surface area contributed by atoms with E-state index in [1.165, 1.54) is 7.11 Å². The van der Waals surface area contributed by atoms with Crippen LogP contribution in [0.15, 0.2) is 45.3 Å². The van der Waals surface area contributed by atoms with Gasteiger partial charge in [0.05, 0.1) is 37.5 Å². The van der Waals surface area contributed by atoms with Crippen LogP contribution >= 0.6 is 11.6 Å². The normalized spacial score (nSPS) is 11.8. The molecule has 0 unspecified atom stereocenters. The van der Waals surface area contributed by atoms with Crippen LogP contribution < -0.4 is 15.2 Å². The van der Waals surface area contributed by atoms with Gasteiger partial charge in [0.25, 0.3) is 5.89 Å². The molecule has 4 rings (SSSR count). The van der Waals surface area contributed by atoms with Crippen LogP contribution in [-0.2, 0) is 5.54 Å². The van der Waals surface area contributed by atoms with Crippen LogP contribution in [0.25, 0.3) is 33.8 Å². The summed E-state index contributed by atoms with van der Waals surface area (Å²) in [4.78, 5) is 4.48. The topological polar surface area (TPSA) is 137 Å². The van der Waals surface area contributed by atoms with Crippen LogP contribution in [0.2, 0.25) is 5.02 Å². The number of ether oxygens (including phenoxy) is 2. The summed E-state index contributed by atoms with van der Waals surface area (Å²) >= 11 is 6.27. The quantitative estimate of drug-likeness (QED) is 0.362. The van der Waals surface area contributed by atoms with E-state index >= 15 is 0 Å². The molecule has 0 aliphatic heterocycles. The maximum absolute atomic E-state index is 9.56. The van der Waals surface area contributed by atoms with Crippen molar-refractivity contribution in [3.05, 3.63) is 47.2 Å². The smallest absolute Gasteiger partial charge is 0.258 e. The zero-order valence-corrected chi connectivity index (χ0v) is 18.2. The average Bonchev–Trinajstić information content (AvgIpc) is 3.46. The van der Waals surface area contributed by atoms with Crippen molar-refractivity contribution in [3.8, 4) is 34.3 Å². The number of halogens is 1. The number of rotatable bonds is 8. The number of aliphatic hydroxyl groups is 2. The fourth-order valence-corrected chi connectivity index (χ4v) is 3.45. The molecule has 4 aromatic rings. The lowest BCUT2D eigenvalue weighted by Gasteiger charge is -2.21. The van der Waals surface area contributed by atoms with Gasteiger partial charge in [-0.3, -0.25) is 0 Å². The first kappa shape index (κ1) is 22.1. The van der Waals surface area contributed by atoms with Crippen molar-refractivity contribution in [1.82, 2.24) is 10.1 Å². The number of hydrogen-bond acceptors (Lipinski definition) is 9. The van der Waals surface area contributed by atoms with Crippen molar-refractivity contribution in [1.29, 1.82) is 0 Å². The molecule has 0 fully saturated rings. The highest BCUT2D eigenvalue weighted by atomic mass is 35.5. The van der Waals surface area contributed by atoms with Crippen molar-refractivity contribution in [3.63, 3.8) is 0 Å². The predicted molar refractivity (Wildman–Crippen MR) is 118 cm³/mol. The van der Waals surface area contributed by atoms with E-state index in [9.17, 15) is 10.2 Å². The molecule has 0 bridgehead atoms. The monoisotopic (exact) mass is 459 g/mol. The number of aromatic nitrogens is 2. The summed E-state index contributed by atoms with van der Waals surface area (Å²) in [6, 6.07) is 10.3. The fraction of sp³-hybridized carbons (Fsp3) is 0.273. The van der Waals surface area contributed by atoms with Gasteiger partial charge >= 0.3 is 0 Å². The molecule has 2 aromatic heterocycles. The van der Waals surface area contributed by atoms with Crippen LogP contribution in [0, 0.1) is 0 Å². The number of nitrogens with two attached hydrogens (primary N) is 1. The van der Waals surface area contributed by atoms with Crippen molar-refractivity contribution in [2.24, 2.45) is 5.73 Å². The number of fused-ring (bicyclic) bond motifs is 1. The Morgan fingerprint density at radius 2 is 1.91 bits per heavy atom. The molecular weight excluding hydrogens is 438 g/mol. The Kier molecular flexibility index (Phi) is 6.07. The van der Waals surface area contributed by atoms with E-state index in [0.29, 0.717) is 51.0 Å². The van der Waals surface area contributed by atoms with E-state index in [1.807, 2.05) is 6.92 Å². The van der Waals surface area contributed by atoms with Gasteiger partial charge in [-0.15, -0.1) is 0 Å². The molecule has 0 atom stereocenters. The van der Waals surface area contributed by atoms with Gasteiger partial charge in [-0.2, -0.15) is 4.98 Å². The summed E-state index contributed by atoms with van der Waals surface area (Å²) < 4.78 is 22.1. The van der Waals surface area contributed by atoms with Crippen molar-refractivity contribution >= 4 is 22.6 Å². The number of nitrogens with zero attached hydrogens (tertiary/aromatic N) is 2. The Labute approximate surface area is 188 Å². The van der Waals surface area contributed by atoms with Gasteiger partial charge in [-0.25, -0.2) is 0 Å². The molecule has 168 valence electrons. The lowest BCUT2D eigenvalue weighted by Crippen LogP contribution is -2.43. The van der Waals surface area contributed by atoms with E-state index in [2.05, 4.69) is 10.1 Å². The largest absolute Gasteiger partial charge is 0.496 e. The highest BCUT2D eigenvalue weighted by molar-refractivity contribution is 6.32. The SMILES string of the molecule is CCOc1ccc(-c2nc(-c3cc4cc(C(N)(CO)CO)oc4cc3OC)no2)cc1Cl. The van der Waals surface area contributed by atoms with Crippen molar-refractivity contribution in [2.45, 2.75) is 12.5 Å². The molecule has 0 amide bonds. The predicted octanol–water partition coefficient (Wildman–Crippen LogP) is 3.35. The third-order valence-corrected chi connectivity index (χ3v) is 5.33. The summed E-state index contributed by atoms with van der Waals surface area (Å²) in [5.41, 5.74) is 6.30. The third kappa shape index (κ3) is 3.91. The number of methoxy groups -OCH3 is 1. The number of hydrogen-bond donors (Lipinski definition) is 3. The van der Waals surface area contributed by atoms with E-state index in [0.717, 1.165) is 0 Å². The molecule has 0 aliphatic rings. The molecule has 10 heteroatoms. The average molecular weight is 460 g/mol. The van der Waals surface area contributed by atoms with Gasteiger partial charge in [0, 0.05) is 17.0 Å². The molecule has 0 saturated heterocycles. The lowest BCUT2D eigenvalue weighted by atomic mass is 10.00. The molecule has 0 saturated carbocycles.